The minimum Gasteiger partial charge on any atom is -0.444 e. The van der Waals surface area contributed by atoms with Crippen molar-refractivity contribution < 1.29 is 19.1 Å². The second-order valence-corrected chi connectivity index (χ2v) is 9.64. The maximum Gasteiger partial charge on any atom is 0.414 e. The van der Waals surface area contributed by atoms with Crippen LogP contribution >= 0.6 is 0 Å². The van der Waals surface area contributed by atoms with Gasteiger partial charge in [0.05, 0.1) is 5.69 Å². The van der Waals surface area contributed by atoms with Crippen LogP contribution in [0, 0.1) is 5.92 Å². The van der Waals surface area contributed by atoms with Gasteiger partial charge in [0.2, 0.25) is 0 Å². The van der Waals surface area contributed by atoms with Crippen LogP contribution in [0.2, 0.25) is 0 Å². The maximum atomic E-state index is 13.0. The Morgan fingerprint density at radius 3 is 2.44 bits per heavy atom. The monoisotopic (exact) mass is 436 g/mol. The number of nitrogens with zero attached hydrogens (tertiary/aromatic N) is 2. The fourth-order valence-corrected chi connectivity index (χ4v) is 4.64. The summed E-state index contributed by atoms with van der Waals surface area (Å²) in [4.78, 5) is 29.2. The van der Waals surface area contributed by atoms with E-state index in [4.69, 9.17) is 9.47 Å². The summed E-state index contributed by atoms with van der Waals surface area (Å²) in [5.41, 5.74) is 2.51. The lowest BCUT2D eigenvalue weighted by molar-refractivity contribution is 0.0153. The van der Waals surface area contributed by atoms with Gasteiger partial charge < -0.3 is 14.4 Å². The summed E-state index contributed by atoms with van der Waals surface area (Å²) < 4.78 is 11.2. The molecule has 0 saturated carbocycles. The molecule has 2 aliphatic heterocycles. The molecule has 170 valence electrons. The smallest absolute Gasteiger partial charge is 0.414 e. The summed E-state index contributed by atoms with van der Waals surface area (Å²) in [7, 11) is 0. The third-order valence-corrected chi connectivity index (χ3v) is 6.11. The van der Waals surface area contributed by atoms with Crippen molar-refractivity contribution in [2.24, 2.45) is 5.92 Å². The van der Waals surface area contributed by atoms with E-state index in [1.54, 1.807) is 4.90 Å². The lowest BCUT2D eigenvalue weighted by Gasteiger charge is -2.36. The van der Waals surface area contributed by atoms with Crippen molar-refractivity contribution in [3.8, 4) is 0 Å². The lowest BCUT2D eigenvalue weighted by atomic mass is 9.82. The maximum absolute atomic E-state index is 13.0. The SMILES string of the molecule is CC(C)(C)OC(=O)N1CCC[C@H]([C@@H]2CN(C(=O)OCc3ccccc3)c3ccccc32)C1. The Morgan fingerprint density at radius 2 is 1.69 bits per heavy atom. The number of fused-ring (bicyclic) bond motifs is 1. The molecule has 1 fully saturated rings. The van der Waals surface area contributed by atoms with Crippen LogP contribution in [0.15, 0.2) is 54.6 Å². The van der Waals surface area contributed by atoms with Crippen LogP contribution in [-0.2, 0) is 16.1 Å². The molecule has 0 radical (unpaired) electrons. The highest BCUT2D eigenvalue weighted by Crippen LogP contribution is 2.43. The lowest BCUT2D eigenvalue weighted by Crippen LogP contribution is -2.44. The molecular weight excluding hydrogens is 404 g/mol. The topological polar surface area (TPSA) is 59.1 Å². The van der Waals surface area contributed by atoms with E-state index in [2.05, 4.69) is 6.07 Å². The highest BCUT2D eigenvalue weighted by Gasteiger charge is 2.40. The molecule has 0 unspecified atom stereocenters. The second kappa shape index (κ2) is 9.23. The Hall–Kier alpha value is -3.02. The summed E-state index contributed by atoms with van der Waals surface area (Å²) >= 11 is 0. The van der Waals surface area contributed by atoms with Gasteiger partial charge in [0, 0.05) is 25.6 Å². The van der Waals surface area contributed by atoms with Crippen molar-refractivity contribution in [1.29, 1.82) is 0 Å². The molecule has 6 heteroatoms. The zero-order valence-electron chi connectivity index (χ0n) is 19.1. The highest BCUT2D eigenvalue weighted by molar-refractivity contribution is 5.91. The first-order chi connectivity index (χ1) is 15.3. The summed E-state index contributed by atoms with van der Waals surface area (Å²) in [6.45, 7) is 7.83. The van der Waals surface area contributed by atoms with Crippen LogP contribution in [0.3, 0.4) is 0 Å². The molecule has 6 nitrogen and oxygen atoms in total. The molecule has 0 N–H and O–H groups in total. The summed E-state index contributed by atoms with van der Waals surface area (Å²) in [6, 6.07) is 17.7. The highest BCUT2D eigenvalue weighted by atomic mass is 16.6. The van der Waals surface area contributed by atoms with Gasteiger partial charge in [0.15, 0.2) is 0 Å². The molecule has 0 aromatic heterocycles. The van der Waals surface area contributed by atoms with Gasteiger partial charge in [-0.1, -0.05) is 48.5 Å². The van der Waals surface area contributed by atoms with E-state index in [0.717, 1.165) is 29.7 Å². The zero-order valence-corrected chi connectivity index (χ0v) is 19.1. The molecule has 2 aromatic rings. The Balaban J connectivity index is 1.46. The minimum atomic E-state index is -0.511. The molecular formula is C26H32N2O4. The Bertz CT molecular complexity index is 954. The van der Waals surface area contributed by atoms with E-state index < -0.39 is 5.60 Å². The first-order valence-corrected chi connectivity index (χ1v) is 11.4. The number of carbonyl (C=O) groups excluding carboxylic acids is 2. The summed E-state index contributed by atoms with van der Waals surface area (Å²) in [6.07, 6.45) is 1.36. The largest absolute Gasteiger partial charge is 0.444 e. The number of para-hydroxylation sites is 1. The number of rotatable bonds is 3. The molecule has 0 aliphatic carbocycles. The molecule has 4 rings (SSSR count). The van der Waals surface area contributed by atoms with E-state index in [9.17, 15) is 9.59 Å². The molecule has 2 aliphatic rings. The number of benzene rings is 2. The van der Waals surface area contributed by atoms with Crippen molar-refractivity contribution in [3.05, 3.63) is 65.7 Å². The predicted octanol–water partition coefficient (Wildman–Crippen LogP) is 5.57. The van der Waals surface area contributed by atoms with E-state index in [0.29, 0.717) is 19.6 Å². The fourth-order valence-electron chi connectivity index (χ4n) is 4.64. The Kier molecular flexibility index (Phi) is 6.40. The predicted molar refractivity (Wildman–Crippen MR) is 124 cm³/mol. The van der Waals surface area contributed by atoms with Crippen LogP contribution in [0.1, 0.15) is 50.7 Å². The van der Waals surface area contributed by atoms with Crippen molar-refractivity contribution in [3.63, 3.8) is 0 Å². The number of ether oxygens (including phenoxy) is 2. The third kappa shape index (κ3) is 5.06. The summed E-state index contributed by atoms with van der Waals surface area (Å²) in [5, 5.41) is 0. The van der Waals surface area contributed by atoms with Crippen LogP contribution in [0.5, 0.6) is 0 Å². The number of hydrogen-bond acceptors (Lipinski definition) is 4. The van der Waals surface area contributed by atoms with E-state index >= 15 is 0 Å². The first-order valence-electron chi connectivity index (χ1n) is 11.4. The zero-order chi connectivity index (χ0) is 22.7. The molecule has 2 amide bonds. The van der Waals surface area contributed by atoms with Gasteiger partial charge in [0.25, 0.3) is 0 Å². The fraction of sp³-hybridized carbons (Fsp3) is 0.462. The molecule has 32 heavy (non-hydrogen) atoms. The van der Waals surface area contributed by atoms with Gasteiger partial charge in [-0.2, -0.15) is 0 Å². The van der Waals surface area contributed by atoms with Crippen molar-refractivity contribution >= 4 is 17.9 Å². The van der Waals surface area contributed by atoms with Crippen LogP contribution < -0.4 is 4.90 Å². The molecule has 0 bridgehead atoms. The Morgan fingerprint density at radius 1 is 0.969 bits per heavy atom. The molecule has 2 heterocycles. The van der Waals surface area contributed by atoms with Crippen LogP contribution in [0.25, 0.3) is 0 Å². The molecule has 1 saturated heterocycles. The normalized spacial score (nSPS) is 20.6. The average Bonchev–Trinajstić information content (AvgIpc) is 3.17. The average molecular weight is 437 g/mol. The number of carbonyl (C=O) groups is 2. The van der Waals surface area contributed by atoms with E-state index in [-0.39, 0.29) is 30.6 Å². The summed E-state index contributed by atoms with van der Waals surface area (Å²) in [5.74, 6) is 0.435. The van der Waals surface area contributed by atoms with Crippen molar-refractivity contribution in [2.75, 3.05) is 24.5 Å². The van der Waals surface area contributed by atoms with Crippen LogP contribution in [-0.4, -0.2) is 42.3 Å². The van der Waals surface area contributed by atoms with Crippen molar-refractivity contribution in [1.82, 2.24) is 4.90 Å². The van der Waals surface area contributed by atoms with Gasteiger partial charge in [-0.05, 0) is 56.7 Å². The van der Waals surface area contributed by atoms with Gasteiger partial charge in [-0.25, -0.2) is 9.59 Å². The first kappa shape index (κ1) is 22.2. The number of amides is 2. The van der Waals surface area contributed by atoms with E-state index in [1.807, 2.05) is 74.2 Å². The number of hydrogen-bond donors (Lipinski definition) is 0. The molecule has 2 aromatic carbocycles. The number of likely N-dealkylation sites (tertiary alicyclic amines) is 1. The standard InChI is InChI=1S/C26H32N2O4/c1-26(2,3)32-24(29)27-15-9-12-20(16-27)22-17-28(23-14-8-7-13-21(22)23)25(30)31-18-19-10-5-4-6-11-19/h4-8,10-11,13-14,20,22H,9,12,15-18H2,1-3H3/t20-,22-/m0/s1. The van der Waals surface area contributed by atoms with E-state index in [1.165, 1.54) is 0 Å². The van der Waals surface area contributed by atoms with Gasteiger partial charge in [-0.15, -0.1) is 0 Å². The quantitative estimate of drug-likeness (QED) is 0.631. The minimum absolute atomic E-state index is 0.167. The second-order valence-electron chi connectivity index (χ2n) is 9.64. The van der Waals surface area contributed by atoms with Gasteiger partial charge in [0.1, 0.15) is 12.2 Å². The Labute approximate surface area is 190 Å². The van der Waals surface area contributed by atoms with Crippen LogP contribution in [0.4, 0.5) is 15.3 Å². The van der Waals surface area contributed by atoms with Gasteiger partial charge >= 0.3 is 12.2 Å². The van der Waals surface area contributed by atoms with Gasteiger partial charge in [-0.3, -0.25) is 4.90 Å². The molecule has 2 atom stereocenters. The number of piperidine rings is 1. The third-order valence-electron chi connectivity index (χ3n) is 6.11. The number of anilines is 1. The molecule has 0 spiro atoms. The van der Waals surface area contributed by atoms with Crippen molar-refractivity contribution in [2.45, 2.75) is 51.7 Å².